The molecule has 8 heteroatoms. The summed E-state index contributed by atoms with van der Waals surface area (Å²) in [6, 6.07) is 2.84. The van der Waals surface area contributed by atoms with Crippen LogP contribution in [-0.2, 0) is 23.0 Å². The van der Waals surface area contributed by atoms with Crippen molar-refractivity contribution in [2.45, 2.75) is 12.8 Å². The zero-order chi connectivity index (χ0) is 14.9. The van der Waals surface area contributed by atoms with Gasteiger partial charge in [0.05, 0.1) is 29.5 Å². The Balaban J connectivity index is 2.42. The molecule has 0 aliphatic rings. The lowest BCUT2D eigenvalue weighted by molar-refractivity contribution is -0.384. The van der Waals surface area contributed by atoms with E-state index in [1.165, 1.54) is 19.2 Å². The summed E-state index contributed by atoms with van der Waals surface area (Å²) >= 11 is 5.84. The van der Waals surface area contributed by atoms with Crippen molar-refractivity contribution in [3.8, 4) is 0 Å². The third-order valence-corrected chi connectivity index (χ3v) is 3.32. The first-order valence-electron chi connectivity index (χ1n) is 5.80. The summed E-state index contributed by atoms with van der Waals surface area (Å²) in [5, 5.41) is 10.9. The number of hydrogen-bond acceptors (Lipinski definition) is 5. The lowest BCUT2D eigenvalue weighted by Crippen LogP contribution is -2.05. The van der Waals surface area contributed by atoms with Gasteiger partial charge in [0.15, 0.2) is 0 Å². The number of hydrogen-bond donors (Lipinski definition) is 0. The molecule has 7 nitrogen and oxygen atoms in total. The van der Waals surface area contributed by atoms with E-state index in [1.807, 2.05) is 0 Å². The van der Waals surface area contributed by atoms with Gasteiger partial charge in [-0.3, -0.25) is 14.9 Å². The van der Waals surface area contributed by atoms with Gasteiger partial charge >= 0.3 is 5.97 Å². The molecule has 0 unspecified atom stereocenters. The predicted octanol–water partition coefficient (Wildman–Crippen LogP) is 2.24. The van der Waals surface area contributed by atoms with Crippen LogP contribution in [0.1, 0.15) is 12.2 Å². The number of fused-ring (bicyclic) bond motifs is 1. The first-order chi connectivity index (χ1) is 9.43. The van der Waals surface area contributed by atoms with E-state index < -0.39 is 4.92 Å². The molecule has 1 aromatic heterocycles. The van der Waals surface area contributed by atoms with Crippen molar-refractivity contribution >= 4 is 34.3 Å². The monoisotopic (exact) mass is 297 g/mol. The molecule has 0 atom stereocenters. The molecule has 0 radical (unpaired) electrons. The molecule has 1 aromatic carbocycles. The second-order valence-electron chi connectivity index (χ2n) is 4.21. The van der Waals surface area contributed by atoms with Crippen LogP contribution in [0.25, 0.3) is 11.0 Å². The molecule has 0 saturated heterocycles. The first kappa shape index (κ1) is 14.3. The zero-order valence-electron chi connectivity index (χ0n) is 10.9. The van der Waals surface area contributed by atoms with Crippen LogP contribution in [0.5, 0.6) is 0 Å². The molecule has 0 fully saturated rings. The minimum atomic E-state index is -0.539. The average molecular weight is 298 g/mol. The molecule has 1 heterocycles. The number of esters is 1. The maximum atomic E-state index is 11.1. The van der Waals surface area contributed by atoms with Crippen LogP contribution in [0.3, 0.4) is 0 Å². The molecule has 2 rings (SSSR count). The van der Waals surface area contributed by atoms with Crippen LogP contribution < -0.4 is 0 Å². The summed E-state index contributed by atoms with van der Waals surface area (Å²) in [4.78, 5) is 25.8. The highest BCUT2D eigenvalue weighted by Gasteiger charge is 2.18. The van der Waals surface area contributed by atoms with E-state index in [1.54, 1.807) is 11.6 Å². The first-order valence-corrected chi connectivity index (χ1v) is 6.18. The second kappa shape index (κ2) is 5.46. The Bertz CT molecular complexity index is 696. The number of aromatic nitrogens is 2. The number of benzene rings is 1. The van der Waals surface area contributed by atoms with Crippen molar-refractivity contribution < 1.29 is 14.5 Å². The molecule has 20 heavy (non-hydrogen) atoms. The number of carbonyl (C=O) groups excluding carboxylic acids is 1. The average Bonchev–Trinajstić information content (AvgIpc) is 2.70. The fourth-order valence-corrected chi connectivity index (χ4v) is 2.16. The van der Waals surface area contributed by atoms with Crippen molar-refractivity contribution in [2.24, 2.45) is 7.05 Å². The van der Waals surface area contributed by atoms with Crippen molar-refractivity contribution in [1.29, 1.82) is 0 Å². The fraction of sp³-hybridized carbons (Fsp3) is 0.333. The Morgan fingerprint density at radius 1 is 1.55 bits per heavy atom. The smallest absolute Gasteiger partial charge is 0.305 e. The van der Waals surface area contributed by atoms with Crippen molar-refractivity contribution in [1.82, 2.24) is 9.55 Å². The highest BCUT2D eigenvalue weighted by atomic mass is 35.5. The van der Waals surface area contributed by atoms with Crippen LogP contribution in [-0.4, -0.2) is 27.6 Å². The molecule has 0 saturated carbocycles. The second-order valence-corrected chi connectivity index (χ2v) is 4.62. The van der Waals surface area contributed by atoms with Gasteiger partial charge in [0.2, 0.25) is 0 Å². The van der Waals surface area contributed by atoms with E-state index in [0.29, 0.717) is 23.3 Å². The SMILES string of the molecule is COC(=O)CCc1nc2cc(Cl)c([N+](=O)[O-])cc2n1C. The maximum absolute atomic E-state index is 11.1. The number of methoxy groups -OCH3 is 1. The highest BCUT2D eigenvalue weighted by Crippen LogP contribution is 2.29. The molecular formula is C12H12ClN3O4. The lowest BCUT2D eigenvalue weighted by Gasteiger charge is -2.01. The number of nitro benzene ring substituents is 1. The number of carbonyl (C=O) groups is 1. The highest BCUT2D eigenvalue weighted by molar-refractivity contribution is 6.33. The Hall–Kier alpha value is -2.15. The standard InChI is InChI=1S/C12H12ClN3O4/c1-15-10-6-9(16(18)19)7(13)5-8(10)14-11(15)3-4-12(17)20-2/h5-6H,3-4H2,1-2H3. The molecule has 0 bridgehead atoms. The van der Waals surface area contributed by atoms with Crippen molar-refractivity contribution in [2.75, 3.05) is 7.11 Å². The van der Waals surface area contributed by atoms with Crippen molar-refractivity contribution in [3.63, 3.8) is 0 Å². The van der Waals surface area contributed by atoms with E-state index in [4.69, 9.17) is 11.6 Å². The molecule has 0 spiro atoms. The van der Waals surface area contributed by atoms with Gasteiger partial charge in [-0.15, -0.1) is 0 Å². The largest absolute Gasteiger partial charge is 0.469 e. The molecule has 0 aliphatic carbocycles. The van der Waals surface area contributed by atoms with E-state index >= 15 is 0 Å². The summed E-state index contributed by atoms with van der Waals surface area (Å²) in [5.74, 6) is 0.308. The molecule has 0 aliphatic heterocycles. The van der Waals surface area contributed by atoms with Gasteiger partial charge in [-0.25, -0.2) is 4.98 Å². The Kier molecular flexibility index (Phi) is 3.89. The zero-order valence-corrected chi connectivity index (χ0v) is 11.7. The van der Waals surface area contributed by atoms with Gasteiger partial charge in [-0.1, -0.05) is 11.6 Å². The maximum Gasteiger partial charge on any atom is 0.305 e. The van der Waals surface area contributed by atoms with Gasteiger partial charge in [-0.2, -0.15) is 0 Å². The van der Waals surface area contributed by atoms with Crippen molar-refractivity contribution in [3.05, 3.63) is 33.1 Å². The summed E-state index contributed by atoms with van der Waals surface area (Å²) in [6.45, 7) is 0. The summed E-state index contributed by atoms with van der Waals surface area (Å²) < 4.78 is 6.28. The minimum Gasteiger partial charge on any atom is -0.469 e. The van der Waals surface area contributed by atoms with Crippen LogP contribution in [0, 0.1) is 10.1 Å². The van der Waals surface area contributed by atoms with E-state index in [0.717, 1.165) is 0 Å². The molecule has 106 valence electrons. The van der Waals surface area contributed by atoms with E-state index in [-0.39, 0.29) is 23.1 Å². The number of imidazole rings is 1. The summed E-state index contributed by atoms with van der Waals surface area (Å²) in [6.07, 6.45) is 0.590. The third kappa shape index (κ3) is 2.57. The van der Waals surface area contributed by atoms with Crippen LogP contribution in [0.15, 0.2) is 12.1 Å². The minimum absolute atomic E-state index is 0.0418. The number of nitrogens with zero attached hydrogens (tertiary/aromatic N) is 3. The van der Waals surface area contributed by atoms with Gasteiger partial charge in [0.1, 0.15) is 10.8 Å². The van der Waals surface area contributed by atoms with Gasteiger partial charge in [-0.05, 0) is 6.07 Å². The Morgan fingerprint density at radius 3 is 2.85 bits per heavy atom. The molecule has 2 aromatic rings. The van der Waals surface area contributed by atoms with Crippen LogP contribution in [0.2, 0.25) is 5.02 Å². The molecule has 0 N–H and O–H groups in total. The summed E-state index contributed by atoms with van der Waals surface area (Å²) in [7, 11) is 3.06. The van der Waals surface area contributed by atoms with Gasteiger partial charge in [0.25, 0.3) is 5.69 Å². The van der Waals surface area contributed by atoms with Gasteiger partial charge in [0, 0.05) is 19.5 Å². The number of aryl methyl sites for hydroxylation is 2. The topological polar surface area (TPSA) is 87.3 Å². The van der Waals surface area contributed by atoms with E-state index in [2.05, 4.69) is 9.72 Å². The van der Waals surface area contributed by atoms with Crippen LogP contribution in [0.4, 0.5) is 5.69 Å². The number of halogens is 1. The van der Waals surface area contributed by atoms with E-state index in [9.17, 15) is 14.9 Å². The molecule has 0 amide bonds. The van der Waals surface area contributed by atoms with Crippen LogP contribution >= 0.6 is 11.6 Å². The van der Waals surface area contributed by atoms with Gasteiger partial charge < -0.3 is 9.30 Å². The quantitative estimate of drug-likeness (QED) is 0.490. The number of ether oxygens (including phenoxy) is 1. The molecular weight excluding hydrogens is 286 g/mol. The number of nitro groups is 1. The third-order valence-electron chi connectivity index (χ3n) is 3.02. The summed E-state index contributed by atoms with van der Waals surface area (Å²) in [5.41, 5.74) is 0.991. The normalized spacial score (nSPS) is 10.8. The lowest BCUT2D eigenvalue weighted by atomic mass is 10.3. The fourth-order valence-electron chi connectivity index (χ4n) is 1.93. The number of rotatable bonds is 4. The Labute approximate surface area is 119 Å². The Morgan fingerprint density at radius 2 is 2.25 bits per heavy atom. The predicted molar refractivity (Wildman–Crippen MR) is 72.7 cm³/mol.